The van der Waals surface area contributed by atoms with E-state index in [1.165, 1.54) is 25.7 Å². The summed E-state index contributed by atoms with van der Waals surface area (Å²) in [6, 6.07) is 0. The number of hydrogen-bond acceptors (Lipinski definition) is 3. The molecule has 1 aliphatic heterocycles. The fraction of sp³-hybridized carbons (Fsp3) is 1.00. The Morgan fingerprint density at radius 2 is 1.78 bits per heavy atom. The van der Waals surface area contributed by atoms with Crippen LogP contribution in [0.3, 0.4) is 0 Å². The molecule has 1 saturated carbocycles. The molecule has 2 rings (SSSR count). The highest BCUT2D eigenvalue weighted by Gasteiger charge is 2.43. The molecule has 1 heterocycles. The van der Waals surface area contributed by atoms with Crippen LogP contribution in [0.15, 0.2) is 0 Å². The summed E-state index contributed by atoms with van der Waals surface area (Å²) in [6.45, 7) is 4.34. The molecule has 0 aromatic carbocycles. The Morgan fingerprint density at radius 3 is 2.33 bits per heavy atom. The van der Waals surface area contributed by atoms with E-state index >= 15 is 0 Å². The molecule has 1 atom stereocenters. The van der Waals surface area contributed by atoms with Gasteiger partial charge in [-0.05, 0) is 38.5 Å². The van der Waals surface area contributed by atoms with Crippen molar-refractivity contribution in [2.24, 2.45) is 5.92 Å². The van der Waals surface area contributed by atoms with Gasteiger partial charge in [0.25, 0.3) is 0 Å². The van der Waals surface area contributed by atoms with E-state index in [4.69, 9.17) is 9.47 Å². The van der Waals surface area contributed by atoms with Crippen molar-refractivity contribution in [3.05, 3.63) is 0 Å². The molecule has 106 valence electrons. The van der Waals surface area contributed by atoms with Gasteiger partial charge in [0.1, 0.15) is 0 Å². The summed E-state index contributed by atoms with van der Waals surface area (Å²) in [5, 5.41) is 10.8. The maximum atomic E-state index is 10.8. The number of aliphatic hydroxyl groups excluding tert-OH is 1. The molecule has 0 spiro atoms. The summed E-state index contributed by atoms with van der Waals surface area (Å²) in [7, 11) is 0. The zero-order chi connectivity index (χ0) is 12.8. The minimum absolute atomic E-state index is 0.271. The molecular formula is C15H28O3. The topological polar surface area (TPSA) is 38.7 Å². The SMILES string of the molecule is CCOC1(C(O)C2CCOCC2)CCCCCC1. The second-order valence-corrected chi connectivity index (χ2v) is 5.81. The van der Waals surface area contributed by atoms with Crippen molar-refractivity contribution in [3.8, 4) is 0 Å². The van der Waals surface area contributed by atoms with Crippen molar-refractivity contribution in [1.29, 1.82) is 0 Å². The second kappa shape index (κ2) is 6.88. The van der Waals surface area contributed by atoms with E-state index in [0.29, 0.717) is 12.5 Å². The first-order valence-corrected chi connectivity index (χ1v) is 7.68. The van der Waals surface area contributed by atoms with E-state index in [0.717, 1.165) is 38.9 Å². The van der Waals surface area contributed by atoms with Crippen molar-refractivity contribution in [1.82, 2.24) is 0 Å². The third-order valence-corrected chi connectivity index (χ3v) is 4.63. The highest BCUT2D eigenvalue weighted by Crippen LogP contribution is 2.38. The molecule has 0 aromatic heterocycles. The van der Waals surface area contributed by atoms with Gasteiger partial charge < -0.3 is 14.6 Å². The minimum atomic E-state index is -0.306. The molecule has 3 heteroatoms. The van der Waals surface area contributed by atoms with Gasteiger partial charge in [0.05, 0.1) is 11.7 Å². The smallest absolute Gasteiger partial charge is 0.0942 e. The lowest BCUT2D eigenvalue weighted by Crippen LogP contribution is -2.49. The molecule has 1 saturated heterocycles. The zero-order valence-electron chi connectivity index (χ0n) is 11.7. The lowest BCUT2D eigenvalue weighted by molar-refractivity contribution is -0.157. The van der Waals surface area contributed by atoms with Gasteiger partial charge >= 0.3 is 0 Å². The Bertz CT molecular complexity index is 228. The van der Waals surface area contributed by atoms with Gasteiger partial charge in [-0.1, -0.05) is 25.7 Å². The predicted octanol–water partition coefficient (Wildman–Crippen LogP) is 2.90. The minimum Gasteiger partial charge on any atom is -0.390 e. The standard InChI is InChI=1S/C15H28O3/c1-2-18-15(9-5-3-4-6-10-15)14(16)13-7-11-17-12-8-13/h13-14,16H,2-12H2,1H3. The first kappa shape index (κ1) is 14.3. The molecule has 0 bridgehead atoms. The summed E-state index contributed by atoms with van der Waals surface area (Å²) in [5.74, 6) is 0.364. The van der Waals surface area contributed by atoms with Gasteiger partial charge in [0.2, 0.25) is 0 Å². The van der Waals surface area contributed by atoms with Crippen LogP contribution in [-0.2, 0) is 9.47 Å². The summed E-state index contributed by atoms with van der Waals surface area (Å²) in [5.41, 5.74) is -0.271. The molecule has 2 aliphatic rings. The van der Waals surface area contributed by atoms with Crippen LogP contribution in [0.4, 0.5) is 0 Å². The second-order valence-electron chi connectivity index (χ2n) is 5.81. The molecule has 3 nitrogen and oxygen atoms in total. The Balaban J connectivity index is 2.05. The van der Waals surface area contributed by atoms with E-state index in [2.05, 4.69) is 0 Å². The van der Waals surface area contributed by atoms with Crippen molar-refractivity contribution in [2.75, 3.05) is 19.8 Å². The maximum Gasteiger partial charge on any atom is 0.0942 e. The quantitative estimate of drug-likeness (QED) is 0.786. The lowest BCUT2D eigenvalue weighted by atomic mass is 9.78. The number of hydrogen-bond donors (Lipinski definition) is 1. The summed E-state index contributed by atoms with van der Waals surface area (Å²) >= 11 is 0. The van der Waals surface area contributed by atoms with Gasteiger partial charge in [-0.2, -0.15) is 0 Å². The van der Waals surface area contributed by atoms with E-state index in [1.807, 2.05) is 6.92 Å². The Kier molecular flexibility index (Phi) is 5.46. The summed E-state index contributed by atoms with van der Waals surface area (Å²) in [4.78, 5) is 0. The van der Waals surface area contributed by atoms with Crippen LogP contribution >= 0.6 is 0 Å². The van der Waals surface area contributed by atoms with Crippen LogP contribution in [0.5, 0.6) is 0 Å². The van der Waals surface area contributed by atoms with Gasteiger partial charge in [-0.15, -0.1) is 0 Å². The zero-order valence-corrected chi connectivity index (χ0v) is 11.7. The third-order valence-electron chi connectivity index (χ3n) is 4.63. The molecular weight excluding hydrogens is 228 g/mol. The highest BCUT2D eigenvalue weighted by molar-refractivity contribution is 4.94. The average Bonchev–Trinajstić information content (AvgIpc) is 2.66. The normalized spacial score (nSPS) is 27.7. The summed E-state index contributed by atoms with van der Waals surface area (Å²) in [6.07, 6.45) is 8.68. The number of ether oxygens (including phenoxy) is 2. The fourth-order valence-corrected chi connectivity index (χ4v) is 3.60. The highest BCUT2D eigenvalue weighted by atomic mass is 16.5. The molecule has 1 N–H and O–H groups in total. The van der Waals surface area contributed by atoms with Crippen LogP contribution in [-0.4, -0.2) is 36.6 Å². The van der Waals surface area contributed by atoms with Crippen molar-refractivity contribution in [3.63, 3.8) is 0 Å². The van der Waals surface area contributed by atoms with Crippen LogP contribution in [0.25, 0.3) is 0 Å². The molecule has 1 aliphatic carbocycles. The molecule has 1 unspecified atom stereocenters. The van der Waals surface area contributed by atoms with E-state index in [9.17, 15) is 5.11 Å². The monoisotopic (exact) mass is 256 g/mol. The predicted molar refractivity (Wildman–Crippen MR) is 71.6 cm³/mol. The summed E-state index contributed by atoms with van der Waals surface area (Å²) < 4.78 is 11.5. The van der Waals surface area contributed by atoms with Crippen LogP contribution in [0.1, 0.15) is 58.3 Å². The Hall–Kier alpha value is -0.120. The van der Waals surface area contributed by atoms with Gasteiger partial charge in [-0.3, -0.25) is 0 Å². The van der Waals surface area contributed by atoms with E-state index in [1.54, 1.807) is 0 Å². The van der Waals surface area contributed by atoms with E-state index < -0.39 is 0 Å². The first-order valence-electron chi connectivity index (χ1n) is 7.68. The van der Waals surface area contributed by atoms with Crippen LogP contribution in [0.2, 0.25) is 0 Å². The average molecular weight is 256 g/mol. The lowest BCUT2D eigenvalue weighted by Gasteiger charge is -2.42. The largest absolute Gasteiger partial charge is 0.390 e. The van der Waals surface area contributed by atoms with Crippen molar-refractivity contribution < 1.29 is 14.6 Å². The first-order chi connectivity index (χ1) is 8.78. The molecule has 0 amide bonds. The van der Waals surface area contributed by atoms with E-state index in [-0.39, 0.29) is 11.7 Å². The molecule has 18 heavy (non-hydrogen) atoms. The van der Waals surface area contributed by atoms with Crippen LogP contribution in [0, 0.1) is 5.92 Å². The maximum absolute atomic E-state index is 10.8. The fourth-order valence-electron chi connectivity index (χ4n) is 3.60. The number of rotatable bonds is 4. The van der Waals surface area contributed by atoms with Crippen molar-refractivity contribution in [2.45, 2.75) is 70.0 Å². The van der Waals surface area contributed by atoms with Crippen LogP contribution < -0.4 is 0 Å². The van der Waals surface area contributed by atoms with Crippen molar-refractivity contribution >= 4 is 0 Å². The van der Waals surface area contributed by atoms with Gasteiger partial charge in [0.15, 0.2) is 0 Å². The number of aliphatic hydroxyl groups is 1. The Labute approximate surface area is 111 Å². The molecule has 0 aromatic rings. The van der Waals surface area contributed by atoms with Gasteiger partial charge in [-0.25, -0.2) is 0 Å². The van der Waals surface area contributed by atoms with Gasteiger partial charge in [0, 0.05) is 19.8 Å². The molecule has 2 fully saturated rings. The molecule has 0 radical (unpaired) electrons. The third kappa shape index (κ3) is 3.25. The Morgan fingerprint density at radius 1 is 1.17 bits per heavy atom.